The molecule has 3 unspecified atom stereocenters. The van der Waals surface area contributed by atoms with E-state index >= 15 is 0 Å². The zero-order valence-electron chi connectivity index (χ0n) is 14.2. The summed E-state index contributed by atoms with van der Waals surface area (Å²) in [6.45, 7) is 12.8. The maximum absolute atomic E-state index is 11.7. The standard InChI is InChI=1S/C16H32N2O3/c1-6-16(15(19)20,17-12(2)3)8-7-9-18-10-14(5)21-11-13(18)4/h12-14,17H,6-11H2,1-5H3,(H,19,20). The molecule has 21 heavy (non-hydrogen) atoms. The summed E-state index contributed by atoms with van der Waals surface area (Å²) in [5.41, 5.74) is -0.796. The van der Waals surface area contributed by atoms with E-state index in [1.54, 1.807) is 0 Å². The smallest absolute Gasteiger partial charge is 0.323 e. The van der Waals surface area contributed by atoms with Crippen LogP contribution in [0.3, 0.4) is 0 Å². The van der Waals surface area contributed by atoms with E-state index in [0.29, 0.717) is 18.9 Å². The molecule has 5 heteroatoms. The number of aliphatic carboxylic acids is 1. The number of carbonyl (C=O) groups is 1. The highest BCUT2D eigenvalue weighted by molar-refractivity contribution is 5.78. The fourth-order valence-electron chi connectivity index (χ4n) is 3.09. The summed E-state index contributed by atoms with van der Waals surface area (Å²) in [7, 11) is 0. The molecule has 1 aliphatic heterocycles. The monoisotopic (exact) mass is 300 g/mol. The van der Waals surface area contributed by atoms with Gasteiger partial charge in [-0.3, -0.25) is 15.0 Å². The number of hydrogen-bond acceptors (Lipinski definition) is 4. The third-order valence-corrected chi connectivity index (χ3v) is 4.36. The fraction of sp³-hybridized carbons (Fsp3) is 0.938. The third kappa shape index (κ3) is 5.24. The third-order valence-electron chi connectivity index (χ3n) is 4.36. The van der Waals surface area contributed by atoms with Gasteiger partial charge in [0.1, 0.15) is 5.54 Å². The molecule has 0 spiro atoms. The van der Waals surface area contributed by atoms with E-state index in [2.05, 4.69) is 24.1 Å². The average molecular weight is 300 g/mol. The van der Waals surface area contributed by atoms with Crippen LogP contribution in [-0.2, 0) is 9.53 Å². The van der Waals surface area contributed by atoms with Crippen LogP contribution in [0.5, 0.6) is 0 Å². The molecule has 5 nitrogen and oxygen atoms in total. The Bertz CT molecular complexity index is 335. The number of rotatable bonds is 8. The minimum absolute atomic E-state index is 0.170. The number of morpholine rings is 1. The van der Waals surface area contributed by atoms with Gasteiger partial charge in [-0.1, -0.05) is 6.92 Å². The highest BCUT2D eigenvalue weighted by Gasteiger charge is 2.36. The average Bonchev–Trinajstić information content (AvgIpc) is 2.40. The van der Waals surface area contributed by atoms with Crippen molar-refractivity contribution in [3.63, 3.8) is 0 Å². The Hall–Kier alpha value is -0.650. The maximum atomic E-state index is 11.7. The summed E-state index contributed by atoms with van der Waals surface area (Å²) in [4.78, 5) is 14.1. The lowest BCUT2D eigenvalue weighted by molar-refractivity contribution is -0.146. The molecule has 0 aromatic heterocycles. The lowest BCUT2D eigenvalue weighted by atomic mass is 9.89. The highest BCUT2D eigenvalue weighted by Crippen LogP contribution is 2.21. The summed E-state index contributed by atoms with van der Waals surface area (Å²) in [5, 5.41) is 12.9. The molecule has 0 aromatic carbocycles. The van der Waals surface area contributed by atoms with E-state index < -0.39 is 11.5 Å². The minimum Gasteiger partial charge on any atom is -0.480 e. The largest absolute Gasteiger partial charge is 0.480 e. The van der Waals surface area contributed by atoms with Crippen LogP contribution in [0.4, 0.5) is 0 Å². The molecule has 0 radical (unpaired) electrons. The van der Waals surface area contributed by atoms with E-state index in [1.807, 2.05) is 20.8 Å². The number of carboxylic acid groups (broad SMARTS) is 1. The molecule has 2 N–H and O–H groups in total. The maximum Gasteiger partial charge on any atom is 0.323 e. The minimum atomic E-state index is -0.796. The Morgan fingerprint density at radius 3 is 2.67 bits per heavy atom. The van der Waals surface area contributed by atoms with Crippen LogP contribution in [0, 0.1) is 0 Å². The van der Waals surface area contributed by atoms with Crippen LogP contribution < -0.4 is 5.32 Å². The van der Waals surface area contributed by atoms with Gasteiger partial charge in [-0.2, -0.15) is 0 Å². The summed E-state index contributed by atoms with van der Waals surface area (Å²) in [6, 6.07) is 0.587. The van der Waals surface area contributed by atoms with Crippen molar-refractivity contribution in [1.82, 2.24) is 10.2 Å². The normalized spacial score (nSPS) is 26.8. The van der Waals surface area contributed by atoms with Gasteiger partial charge in [0.25, 0.3) is 0 Å². The lowest BCUT2D eigenvalue weighted by Crippen LogP contribution is -2.55. The summed E-state index contributed by atoms with van der Waals surface area (Å²) >= 11 is 0. The molecular weight excluding hydrogens is 268 g/mol. The molecule has 0 bridgehead atoms. The molecule has 1 saturated heterocycles. The summed E-state index contributed by atoms with van der Waals surface area (Å²) in [6.07, 6.45) is 2.42. The number of ether oxygens (including phenoxy) is 1. The zero-order valence-corrected chi connectivity index (χ0v) is 14.2. The van der Waals surface area contributed by atoms with Crippen molar-refractivity contribution < 1.29 is 14.6 Å². The van der Waals surface area contributed by atoms with Crippen LogP contribution in [-0.4, -0.2) is 59.4 Å². The topological polar surface area (TPSA) is 61.8 Å². The van der Waals surface area contributed by atoms with E-state index in [4.69, 9.17) is 4.74 Å². The van der Waals surface area contributed by atoms with Gasteiger partial charge in [0.15, 0.2) is 0 Å². The predicted molar refractivity (Wildman–Crippen MR) is 84.6 cm³/mol. The number of carboxylic acids is 1. The predicted octanol–water partition coefficient (Wildman–Crippen LogP) is 2.11. The molecule has 1 rings (SSSR count). The molecule has 0 amide bonds. The molecule has 124 valence electrons. The van der Waals surface area contributed by atoms with Crippen LogP contribution >= 0.6 is 0 Å². The van der Waals surface area contributed by atoms with Gasteiger partial charge in [0.05, 0.1) is 12.7 Å². The molecule has 0 aliphatic carbocycles. The SMILES string of the molecule is CCC(CCCN1CC(C)OCC1C)(NC(C)C)C(=O)O. The van der Waals surface area contributed by atoms with Crippen molar-refractivity contribution in [3.8, 4) is 0 Å². The van der Waals surface area contributed by atoms with Crippen molar-refractivity contribution in [2.24, 2.45) is 0 Å². The Balaban J connectivity index is 2.55. The summed E-state index contributed by atoms with van der Waals surface area (Å²) in [5.74, 6) is -0.734. The van der Waals surface area contributed by atoms with E-state index in [1.165, 1.54) is 0 Å². The second-order valence-corrected chi connectivity index (χ2v) is 6.63. The second-order valence-electron chi connectivity index (χ2n) is 6.63. The van der Waals surface area contributed by atoms with Crippen molar-refractivity contribution in [3.05, 3.63) is 0 Å². The summed E-state index contributed by atoms with van der Waals surface area (Å²) < 4.78 is 5.63. The first-order valence-electron chi connectivity index (χ1n) is 8.17. The molecule has 0 aromatic rings. The van der Waals surface area contributed by atoms with Crippen molar-refractivity contribution in [2.75, 3.05) is 19.7 Å². The van der Waals surface area contributed by atoms with Crippen molar-refractivity contribution >= 4 is 5.97 Å². The second kappa shape index (κ2) is 8.11. The molecule has 1 heterocycles. The van der Waals surface area contributed by atoms with Gasteiger partial charge in [0.2, 0.25) is 0 Å². The Morgan fingerprint density at radius 1 is 1.48 bits per heavy atom. The number of hydrogen-bond donors (Lipinski definition) is 2. The Labute approximate surface area is 129 Å². The van der Waals surface area contributed by atoms with Gasteiger partial charge in [-0.05, 0) is 53.5 Å². The molecular formula is C16H32N2O3. The quantitative estimate of drug-likeness (QED) is 0.719. The van der Waals surface area contributed by atoms with Gasteiger partial charge in [-0.25, -0.2) is 0 Å². The van der Waals surface area contributed by atoms with Crippen LogP contribution in [0.2, 0.25) is 0 Å². The van der Waals surface area contributed by atoms with E-state index in [9.17, 15) is 9.90 Å². The first kappa shape index (κ1) is 18.4. The molecule has 1 aliphatic rings. The first-order chi connectivity index (χ1) is 9.80. The lowest BCUT2D eigenvalue weighted by Gasteiger charge is -2.38. The molecule has 3 atom stereocenters. The Morgan fingerprint density at radius 2 is 2.14 bits per heavy atom. The highest BCUT2D eigenvalue weighted by atomic mass is 16.5. The van der Waals surface area contributed by atoms with Gasteiger partial charge in [-0.15, -0.1) is 0 Å². The van der Waals surface area contributed by atoms with Crippen LogP contribution in [0.15, 0.2) is 0 Å². The van der Waals surface area contributed by atoms with Crippen molar-refractivity contribution in [2.45, 2.75) is 77.6 Å². The first-order valence-corrected chi connectivity index (χ1v) is 8.17. The zero-order chi connectivity index (χ0) is 16.0. The number of nitrogens with zero attached hydrogens (tertiary/aromatic N) is 1. The van der Waals surface area contributed by atoms with Gasteiger partial charge in [0, 0.05) is 18.6 Å². The van der Waals surface area contributed by atoms with Gasteiger partial charge >= 0.3 is 5.97 Å². The van der Waals surface area contributed by atoms with E-state index in [-0.39, 0.29) is 12.1 Å². The van der Waals surface area contributed by atoms with Gasteiger partial charge < -0.3 is 9.84 Å². The fourth-order valence-corrected chi connectivity index (χ4v) is 3.09. The molecule has 1 fully saturated rings. The molecule has 0 saturated carbocycles. The van der Waals surface area contributed by atoms with Crippen molar-refractivity contribution in [1.29, 1.82) is 0 Å². The Kier molecular flexibility index (Phi) is 7.10. The van der Waals surface area contributed by atoms with Crippen LogP contribution in [0.1, 0.15) is 53.9 Å². The number of nitrogens with one attached hydrogen (secondary N) is 1. The van der Waals surface area contributed by atoms with E-state index in [0.717, 1.165) is 26.1 Å². The van der Waals surface area contributed by atoms with Crippen LogP contribution in [0.25, 0.3) is 0 Å².